The Bertz CT molecular complexity index is 2450. The van der Waals surface area contributed by atoms with Gasteiger partial charge in [-0.2, -0.15) is 13.2 Å². The van der Waals surface area contributed by atoms with Crippen molar-refractivity contribution in [1.29, 1.82) is 0 Å². The van der Waals surface area contributed by atoms with E-state index in [-0.39, 0.29) is 36.7 Å². The largest absolute Gasteiger partial charge is 0.496 e. The van der Waals surface area contributed by atoms with Gasteiger partial charge in [-0.25, -0.2) is 9.78 Å². The summed E-state index contributed by atoms with van der Waals surface area (Å²) in [5, 5.41) is 8.62. The number of ether oxygens (including phenoxy) is 1. The van der Waals surface area contributed by atoms with E-state index in [1.54, 1.807) is 19.4 Å². The normalized spacial score (nSPS) is 17.8. The third-order valence-corrected chi connectivity index (χ3v) is 11.5. The van der Waals surface area contributed by atoms with Crippen molar-refractivity contribution in [1.82, 2.24) is 25.0 Å². The highest BCUT2D eigenvalue weighted by Crippen LogP contribution is 2.50. The lowest BCUT2D eigenvalue weighted by atomic mass is 9.92. The molecule has 2 aromatic carbocycles. The molecule has 2 N–H and O–H groups in total. The number of hydrogen-bond acceptors (Lipinski definition) is 9. The van der Waals surface area contributed by atoms with Crippen molar-refractivity contribution in [3.8, 4) is 27.6 Å². The standard InChI is InChI=1S/C38H31F3N6O4S/c1-50-27-9-3-7-22-23(27)11-13-24(22)44-35-33-20(14-15-42-35)18-28(52-33)30-29(34-45-37(49)51-46-34)25(12-10-19-5-2-6-21(17-19)38(39,40)41)43-32-26-8-4-16-47(26)36(48)31(30)32/h2-3,5-7,9,14-15,17-18,24,26H,4,8,10-13,16H2,1H3,(H,42,44)(H,45,46,49)/t24-,26+/m0/s1. The van der Waals surface area contributed by atoms with E-state index < -0.39 is 17.5 Å². The van der Waals surface area contributed by atoms with Gasteiger partial charge in [-0.3, -0.25) is 19.3 Å². The van der Waals surface area contributed by atoms with Crippen LogP contribution in [0.2, 0.25) is 0 Å². The predicted molar refractivity (Wildman–Crippen MR) is 189 cm³/mol. The Balaban J connectivity index is 1.19. The summed E-state index contributed by atoms with van der Waals surface area (Å²) in [6.07, 6.45) is 1.03. The van der Waals surface area contributed by atoms with Crippen LogP contribution in [0.3, 0.4) is 0 Å². The lowest BCUT2D eigenvalue weighted by Gasteiger charge is -2.17. The van der Waals surface area contributed by atoms with Crippen LogP contribution in [0.5, 0.6) is 5.75 Å². The van der Waals surface area contributed by atoms with Crippen LogP contribution in [0.1, 0.15) is 75.3 Å². The number of hydrogen-bond donors (Lipinski definition) is 2. The van der Waals surface area contributed by atoms with E-state index in [9.17, 15) is 22.8 Å². The Morgan fingerprint density at radius 3 is 2.73 bits per heavy atom. The zero-order valence-corrected chi connectivity index (χ0v) is 28.7. The molecule has 52 heavy (non-hydrogen) atoms. The smallest absolute Gasteiger partial charge is 0.439 e. The Kier molecular flexibility index (Phi) is 7.68. The van der Waals surface area contributed by atoms with Gasteiger partial charge in [0.05, 0.1) is 52.0 Å². The highest BCUT2D eigenvalue weighted by atomic mass is 32.1. The minimum absolute atomic E-state index is 0.0193. The van der Waals surface area contributed by atoms with E-state index >= 15 is 0 Å². The van der Waals surface area contributed by atoms with Gasteiger partial charge in [0.15, 0.2) is 5.82 Å². The van der Waals surface area contributed by atoms with Gasteiger partial charge in [0, 0.05) is 23.2 Å². The van der Waals surface area contributed by atoms with Crippen LogP contribution in [-0.4, -0.2) is 44.6 Å². The van der Waals surface area contributed by atoms with Crippen LogP contribution >= 0.6 is 11.3 Å². The van der Waals surface area contributed by atoms with E-state index in [1.807, 2.05) is 29.2 Å². The topological polar surface area (TPSA) is 126 Å². The Labute approximate surface area is 298 Å². The molecule has 6 heterocycles. The number of carbonyl (C=O) groups excluding carboxylic acids is 1. The van der Waals surface area contributed by atoms with E-state index in [2.05, 4.69) is 21.5 Å². The van der Waals surface area contributed by atoms with Gasteiger partial charge >= 0.3 is 11.9 Å². The van der Waals surface area contributed by atoms with Gasteiger partial charge in [-0.1, -0.05) is 35.5 Å². The summed E-state index contributed by atoms with van der Waals surface area (Å²) in [4.78, 5) is 41.6. The summed E-state index contributed by atoms with van der Waals surface area (Å²) < 4.78 is 52.2. The highest BCUT2D eigenvalue weighted by molar-refractivity contribution is 7.23. The number of alkyl halides is 3. The molecule has 0 unspecified atom stereocenters. The van der Waals surface area contributed by atoms with Crippen LogP contribution < -0.4 is 15.8 Å². The first kappa shape index (κ1) is 32.4. The molecule has 14 heteroatoms. The number of pyridine rings is 2. The average molecular weight is 725 g/mol. The average Bonchev–Trinajstić information content (AvgIpc) is 3.98. The van der Waals surface area contributed by atoms with Gasteiger partial charge in [0.1, 0.15) is 11.6 Å². The number of benzene rings is 2. The number of aromatic nitrogens is 4. The minimum Gasteiger partial charge on any atom is -0.496 e. The number of halogens is 3. The number of methoxy groups -OCH3 is 1. The quantitative estimate of drug-likeness (QED) is 0.162. The third-order valence-electron chi connectivity index (χ3n) is 10.4. The number of aromatic amines is 1. The zero-order valence-electron chi connectivity index (χ0n) is 27.8. The summed E-state index contributed by atoms with van der Waals surface area (Å²) >= 11 is 1.47. The number of thiophene rings is 1. The number of carbonyl (C=O) groups is 1. The molecule has 0 spiro atoms. The van der Waals surface area contributed by atoms with Gasteiger partial charge in [-0.05, 0) is 84.9 Å². The Morgan fingerprint density at radius 2 is 1.92 bits per heavy atom. The van der Waals surface area contributed by atoms with Gasteiger partial charge in [0.2, 0.25) is 0 Å². The van der Waals surface area contributed by atoms with Gasteiger partial charge < -0.3 is 15.0 Å². The fourth-order valence-corrected chi connectivity index (χ4v) is 9.22. The molecular weight excluding hydrogens is 694 g/mol. The monoisotopic (exact) mass is 724 g/mol. The summed E-state index contributed by atoms with van der Waals surface area (Å²) in [5.41, 5.74) is 4.65. The summed E-state index contributed by atoms with van der Waals surface area (Å²) in [5.74, 6) is 0.734. The first-order valence-electron chi connectivity index (χ1n) is 17.1. The highest BCUT2D eigenvalue weighted by Gasteiger charge is 2.45. The van der Waals surface area contributed by atoms with E-state index in [4.69, 9.17) is 19.2 Å². The molecule has 10 nitrogen and oxygen atoms in total. The zero-order chi connectivity index (χ0) is 35.7. The number of H-pyrrole nitrogens is 1. The molecule has 0 bridgehead atoms. The SMILES string of the molecule is COc1cccc2c1CC[C@@H]2Nc1nccc2cc(-c3c4c(nc(CCc5cccc(C(F)(F)F)c5)c3-c3noc(=O)[nH]3)[C@H]3CCCN3C4=O)sc12. The third kappa shape index (κ3) is 5.35. The fourth-order valence-electron chi connectivity index (χ4n) is 8.05. The lowest BCUT2D eigenvalue weighted by molar-refractivity contribution is -0.137. The van der Waals surface area contributed by atoms with Crippen LogP contribution in [-0.2, 0) is 25.4 Å². The maximum atomic E-state index is 14.2. The number of fused-ring (bicyclic) bond motifs is 5. The van der Waals surface area contributed by atoms with E-state index in [0.717, 1.165) is 64.1 Å². The number of aryl methyl sites for hydroxylation is 2. The predicted octanol–water partition coefficient (Wildman–Crippen LogP) is 7.90. The second-order valence-electron chi connectivity index (χ2n) is 13.3. The molecule has 1 amide bonds. The first-order valence-corrected chi connectivity index (χ1v) is 17.9. The molecule has 6 aromatic rings. The number of anilines is 1. The minimum atomic E-state index is -4.48. The van der Waals surface area contributed by atoms with Crippen molar-refractivity contribution in [3.63, 3.8) is 0 Å². The van der Waals surface area contributed by atoms with Gasteiger partial charge in [-0.15, -0.1) is 11.3 Å². The van der Waals surface area contributed by atoms with Crippen molar-refractivity contribution in [2.24, 2.45) is 0 Å². The molecule has 3 aliphatic rings. The molecule has 2 atom stereocenters. The second kappa shape index (κ2) is 12.3. The van der Waals surface area contributed by atoms with Crippen LogP contribution in [0.15, 0.2) is 70.1 Å². The summed E-state index contributed by atoms with van der Waals surface area (Å²) in [6.45, 7) is 0.590. The van der Waals surface area contributed by atoms with Crippen molar-refractivity contribution in [2.75, 3.05) is 19.0 Å². The lowest BCUT2D eigenvalue weighted by Crippen LogP contribution is -2.22. The van der Waals surface area contributed by atoms with Crippen molar-refractivity contribution >= 4 is 33.1 Å². The Hall–Kier alpha value is -5.50. The molecule has 1 saturated heterocycles. The van der Waals surface area contributed by atoms with Crippen LogP contribution in [0, 0.1) is 0 Å². The molecule has 0 radical (unpaired) electrons. The maximum Gasteiger partial charge on any atom is 0.439 e. The number of rotatable bonds is 8. The number of amides is 1. The van der Waals surface area contributed by atoms with E-state index in [0.29, 0.717) is 46.0 Å². The summed E-state index contributed by atoms with van der Waals surface area (Å²) in [6, 6.07) is 15.0. The Morgan fingerprint density at radius 1 is 1.06 bits per heavy atom. The molecule has 4 aromatic heterocycles. The second-order valence-corrected chi connectivity index (χ2v) is 14.4. The molecule has 9 rings (SSSR count). The molecule has 1 aliphatic carbocycles. The molecular formula is C38H31F3N6O4S. The molecule has 1 fully saturated rings. The van der Waals surface area contributed by atoms with Crippen molar-refractivity contribution < 1.29 is 27.2 Å². The fraction of sp³-hybridized carbons (Fsp3) is 0.289. The van der Waals surface area contributed by atoms with Crippen LogP contribution in [0.4, 0.5) is 19.0 Å². The van der Waals surface area contributed by atoms with E-state index in [1.165, 1.54) is 23.0 Å². The molecule has 2 aliphatic heterocycles. The maximum absolute atomic E-state index is 14.2. The molecule has 0 saturated carbocycles. The number of nitrogens with zero attached hydrogens (tertiary/aromatic N) is 4. The van der Waals surface area contributed by atoms with Crippen LogP contribution in [0.25, 0.3) is 31.9 Å². The van der Waals surface area contributed by atoms with Gasteiger partial charge in [0.25, 0.3) is 5.91 Å². The number of nitrogens with one attached hydrogen (secondary N) is 2. The first-order chi connectivity index (χ1) is 25.2. The van der Waals surface area contributed by atoms with Crippen molar-refractivity contribution in [3.05, 3.63) is 111 Å². The van der Waals surface area contributed by atoms with Crippen molar-refractivity contribution in [2.45, 2.75) is 56.8 Å². The summed E-state index contributed by atoms with van der Waals surface area (Å²) in [7, 11) is 1.68. The molecule has 264 valence electrons.